The van der Waals surface area contributed by atoms with Crippen molar-refractivity contribution < 1.29 is 14.9 Å². The average Bonchev–Trinajstić information content (AvgIpc) is 2.83. The third-order valence-electron chi connectivity index (χ3n) is 7.22. The number of methoxy groups -OCH3 is 1. The Bertz CT molecular complexity index is 599. The highest BCUT2D eigenvalue weighted by Gasteiger charge is 2.55. The number of aromatic hydroxyl groups is 1. The molecule has 1 aromatic rings. The Morgan fingerprint density at radius 2 is 2.04 bits per heavy atom. The van der Waals surface area contributed by atoms with E-state index in [0.29, 0.717) is 36.0 Å². The maximum atomic E-state index is 10.5. The van der Waals surface area contributed by atoms with Crippen molar-refractivity contribution >= 4 is 0 Å². The molecule has 4 rings (SSSR count). The molecule has 0 heterocycles. The first-order valence-corrected chi connectivity index (χ1v) is 9.04. The van der Waals surface area contributed by atoms with Gasteiger partial charge >= 0.3 is 0 Å². The minimum absolute atomic E-state index is 0.104. The summed E-state index contributed by atoms with van der Waals surface area (Å²) in [4.78, 5) is 0. The molecule has 126 valence electrons. The van der Waals surface area contributed by atoms with E-state index >= 15 is 0 Å². The zero-order valence-electron chi connectivity index (χ0n) is 14.2. The quantitative estimate of drug-likeness (QED) is 0.872. The summed E-state index contributed by atoms with van der Waals surface area (Å²) in [6.45, 7) is 3.02. The van der Waals surface area contributed by atoms with E-state index in [-0.39, 0.29) is 11.5 Å². The summed E-state index contributed by atoms with van der Waals surface area (Å²) in [5.41, 5.74) is 2.81. The molecule has 3 unspecified atom stereocenters. The molecule has 0 bridgehead atoms. The average molecular weight is 316 g/mol. The van der Waals surface area contributed by atoms with Crippen molar-refractivity contribution in [3.8, 4) is 5.75 Å². The van der Waals surface area contributed by atoms with Gasteiger partial charge < -0.3 is 14.9 Å². The largest absolute Gasteiger partial charge is 0.508 e. The molecule has 6 atom stereocenters. The minimum Gasteiger partial charge on any atom is -0.508 e. The SMILES string of the molecule is COC[C@H]1CC2[C@H](CCC3(C)C(O)CC[C@@H]23)c2ccc(O)cc21. The van der Waals surface area contributed by atoms with Gasteiger partial charge in [-0.25, -0.2) is 0 Å². The number of hydrogen-bond donors (Lipinski definition) is 2. The van der Waals surface area contributed by atoms with E-state index < -0.39 is 0 Å². The molecule has 0 saturated heterocycles. The molecule has 1 aromatic carbocycles. The highest BCUT2D eigenvalue weighted by atomic mass is 16.5. The van der Waals surface area contributed by atoms with Gasteiger partial charge in [-0.3, -0.25) is 0 Å². The van der Waals surface area contributed by atoms with Gasteiger partial charge in [-0.1, -0.05) is 13.0 Å². The van der Waals surface area contributed by atoms with Gasteiger partial charge in [-0.2, -0.15) is 0 Å². The molecule has 0 aromatic heterocycles. The Morgan fingerprint density at radius 3 is 2.83 bits per heavy atom. The van der Waals surface area contributed by atoms with Gasteiger partial charge in [0.2, 0.25) is 0 Å². The van der Waals surface area contributed by atoms with Gasteiger partial charge in [0.05, 0.1) is 12.7 Å². The lowest BCUT2D eigenvalue weighted by molar-refractivity contribution is -0.0273. The van der Waals surface area contributed by atoms with Gasteiger partial charge in [0.15, 0.2) is 0 Å². The second-order valence-electron chi connectivity index (χ2n) is 8.22. The van der Waals surface area contributed by atoms with Crippen LogP contribution in [0.25, 0.3) is 0 Å². The molecule has 0 radical (unpaired) electrons. The molecule has 3 nitrogen and oxygen atoms in total. The zero-order valence-corrected chi connectivity index (χ0v) is 14.2. The van der Waals surface area contributed by atoms with Crippen molar-refractivity contribution in [1.82, 2.24) is 0 Å². The van der Waals surface area contributed by atoms with E-state index in [1.165, 1.54) is 11.1 Å². The third kappa shape index (κ3) is 2.24. The van der Waals surface area contributed by atoms with Crippen LogP contribution in [0.3, 0.4) is 0 Å². The van der Waals surface area contributed by atoms with Gasteiger partial charge in [0.1, 0.15) is 5.75 Å². The number of aliphatic hydroxyl groups excluding tert-OH is 1. The highest BCUT2D eigenvalue weighted by Crippen LogP contribution is 2.62. The minimum atomic E-state index is -0.129. The highest BCUT2D eigenvalue weighted by molar-refractivity contribution is 5.42. The lowest BCUT2D eigenvalue weighted by atomic mass is 9.54. The van der Waals surface area contributed by atoms with Crippen molar-refractivity contribution in [1.29, 1.82) is 0 Å². The number of benzene rings is 1. The molecule has 2 fully saturated rings. The van der Waals surface area contributed by atoms with E-state index in [1.807, 2.05) is 12.1 Å². The number of rotatable bonds is 2. The fourth-order valence-electron chi connectivity index (χ4n) is 6.04. The smallest absolute Gasteiger partial charge is 0.115 e. The number of hydrogen-bond acceptors (Lipinski definition) is 3. The van der Waals surface area contributed by atoms with Crippen molar-refractivity contribution in [2.75, 3.05) is 13.7 Å². The van der Waals surface area contributed by atoms with Crippen LogP contribution in [0.1, 0.15) is 62.0 Å². The molecule has 2 saturated carbocycles. The third-order valence-corrected chi connectivity index (χ3v) is 7.22. The van der Waals surface area contributed by atoms with Crippen LogP contribution >= 0.6 is 0 Å². The summed E-state index contributed by atoms with van der Waals surface area (Å²) < 4.78 is 5.48. The zero-order chi connectivity index (χ0) is 16.2. The molecule has 3 aliphatic rings. The molecule has 3 aliphatic carbocycles. The molecule has 0 spiro atoms. The number of fused-ring (bicyclic) bond motifs is 5. The van der Waals surface area contributed by atoms with Crippen LogP contribution in [-0.4, -0.2) is 30.0 Å². The van der Waals surface area contributed by atoms with Gasteiger partial charge in [-0.15, -0.1) is 0 Å². The molecular formula is C20H28O3. The summed E-state index contributed by atoms with van der Waals surface area (Å²) in [6.07, 6.45) is 5.40. The number of aliphatic hydroxyl groups is 1. The summed E-state index contributed by atoms with van der Waals surface area (Å²) in [5, 5.41) is 20.4. The monoisotopic (exact) mass is 316 g/mol. The van der Waals surface area contributed by atoms with E-state index in [0.717, 1.165) is 32.1 Å². The first-order chi connectivity index (χ1) is 11.0. The Balaban J connectivity index is 1.74. The van der Waals surface area contributed by atoms with Crippen LogP contribution in [0.4, 0.5) is 0 Å². The van der Waals surface area contributed by atoms with Gasteiger partial charge in [-0.05, 0) is 78.5 Å². The number of phenols is 1. The Kier molecular flexibility index (Phi) is 3.69. The van der Waals surface area contributed by atoms with Gasteiger partial charge in [0.25, 0.3) is 0 Å². The molecule has 2 N–H and O–H groups in total. The topological polar surface area (TPSA) is 49.7 Å². The fraction of sp³-hybridized carbons (Fsp3) is 0.700. The molecular weight excluding hydrogens is 288 g/mol. The maximum absolute atomic E-state index is 10.5. The molecule has 23 heavy (non-hydrogen) atoms. The van der Waals surface area contributed by atoms with Crippen LogP contribution in [0.2, 0.25) is 0 Å². The first kappa shape index (κ1) is 15.5. The predicted molar refractivity (Wildman–Crippen MR) is 89.6 cm³/mol. The van der Waals surface area contributed by atoms with E-state index in [9.17, 15) is 10.2 Å². The summed E-state index contributed by atoms with van der Waals surface area (Å²) >= 11 is 0. The van der Waals surface area contributed by atoms with Crippen LogP contribution in [0.15, 0.2) is 18.2 Å². The van der Waals surface area contributed by atoms with E-state index in [2.05, 4.69) is 13.0 Å². The standard InChI is InChI=1S/C20H28O3/c1-20-8-7-15-14-4-3-13(21)10-16(14)12(11-23-2)9-17(15)18(20)5-6-19(20)22/h3-4,10,12,15,17-19,21-22H,5-9,11H2,1-2H3/t12-,15-,17?,18+,19?,20?/m1/s1. The summed E-state index contributed by atoms with van der Waals surface area (Å²) in [5.74, 6) is 2.58. The van der Waals surface area contributed by atoms with E-state index in [4.69, 9.17) is 4.74 Å². The first-order valence-electron chi connectivity index (χ1n) is 9.04. The second-order valence-corrected chi connectivity index (χ2v) is 8.22. The molecule has 0 amide bonds. The second kappa shape index (κ2) is 5.49. The summed E-state index contributed by atoms with van der Waals surface area (Å²) in [7, 11) is 1.76. The Labute approximate surface area is 138 Å². The summed E-state index contributed by atoms with van der Waals surface area (Å²) in [6, 6.07) is 5.92. The lowest BCUT2D eigenvalue weighted by Gasteiger charge is -2.51. The van der Waals surface area contributed by atoms with Crippen LogP contribution in [0.5, 0.6) is 5.75 Å². The van der Waals surface area contributed by atoms with Crippen molar-refractivity contribution in [2.45, 2.75) is 57.0 Å². The Hall–Kier alpha value is -1.06. The predicted octanol–water partition coefficient (Wildman–Crippen LogP) is 3.80. The number of phenolic OH excluding ortho intramolecular Hbond substituents is 1. The van der Waals surface area contributed by atoms with Crippen LogP contribution in [0, 0.1) is 17.3 Å². The van der Waals surface area contributed by atoms with Crippen LogP contribution in [-0.2, 0) is 4.74 Å². The van der Waals surface area contributed by atoms with E-state index in [1.54, 1.807) is 7.11 Å². The van der Waals surface area contributed by atoms with Crippen molar-refractivity contribution in [3.63, 3.8) is 0 Å². The fourth-order valence-corrected chi connectivity index (χ4v) is 6.04. The number of ether oxygens (including phenoxy) is 1. The van der Waals surface area contributed by atoms with Crippen LogP contribution < -0.4 is 0 Å². The van der Waals surface area contributed by atoms with Crippen molar-refractivity contribution in [3.05, 3.63) is 29.3 Å². The van der Waals surface area contributed by atoms with Gasteiger partial charge in [0, 0.05) is 13.0 Å². The molecule has 3 heteroatoms. The lowest BCUT2D eigenvalue weighted by Crippen LogP contribution is -2.44. The Morgan fingerprint density at radius 1 is 1.22 bits per heavy atom. The molecule has 0 aliphatic heterocycles. The van der Waals surface area contributed by atoms with Crippen molar-refractivity contribution in [2.24, 2.45) is 17.3 Å². The normalized spacial score (nSPS) is 42.0. The maximum Gasteiger partial charge on any atom is 0.115 e.